The predicted octanol–water partition coefficient (Wildman–Crippen LogP) is 3.45. The number of anilines is 1. The third-order valence-corrected chi connectivity index (χ3v) is 5.21. The van der Waals surface area contributed by atoms with Gasteiger partial charge in [-0.1, -0.05) is 42.5 Å². The summed E-state index contributed by atoms with van der Waals surface area (Å²) in [6.07, 6.45) is 3.34. The number of sulfone groups is 1. The van der Waals surface area contributed by atoms with Crippen LogP contribution in [-0.4, -0.2) is 20.7 Å². The molecule has 21 heavy (non-hydrogen) atoms. The molecule has 1 aliphatic carbocycles. The largest absolute Gasteiger partial charge is 0.381 e. The Morgan fingerprint density at radius 2 is 1.57 bits per heavy atom. The van der Waals surface area contributed by atoms with E-state index in [2.05, 4.69) is 29.6 Å². The highest BCUT2D eigenvalue weighted by Crippen LogP contribution is 2.39. The van der Waals surface area contributed by atoms with E-state index in [-0.39, 0.29) is 0 Å². The van der Waals surface area contributed by atoms with Gasteiger partial charge in [-0.3, -0.25) is 0 Å². The van der Waals surface area contributed by atoms with E-state index in [4.69, 9.17) is 0 Å². The van der Waals surface area contributed by atoms with Crippen LogP contribution >= 0.6 is 0 Å². The van der Waals surface area contributed by atoms with E-state index in [1.165, 1.54) is 11.8 Å². The van der Waals surface area contributed by atoms with Gasteiger partial charge in [0.25, 0.3) is 0 Å². The van der Waals surface area contributed by atoms with Crippen molar-refractivity contribution in [3.63, 3.8) is 0 Å². The summed E-state index contributed by atoms with van der Waals surface area (Å²) in [6.45, 7) is 0. The molecule has 0 aliphatic heterocycles. The average Bonchev–Trinajstić information content (AvgIpc) is 2.43. The zero-order valence-corrected chi connectivity index (χ0v) is 12.8. The van der Waals surface area contributed by atoms with Gasteiger partial charge in [0.2, 0.25) is 0 Å². The first-order valence-electron chi connectivity index (χ1n) is 7.14. The Balaban J connectivity index is 1.68. The van der Waals surface area contributed by atoms with Crippen LogP contribution < -0.4 is 5.32 Å². The number of para-hydroxylation sites is 1. The molecule has 1 aliphatic rings. The summed E-state index contributed by atoms with van der Waals surface area (Å²) < 4.78 is 23.6. The van der Waals surface area contributed by atoms with Crippen LogP contribution in [0.25, 0.3) is 0 Å². The van der Waals surface area contributed by atoms with E-state index in [1.807, 2.05) is 18.2 Å². The van der Waals surface area contributed by atoms with Crippen molar-refractivity contribution in [2.45, 2.75) is 29.7 Å². The summed E-state index contributed by atoms with van der Waals surface area (Å²) in [5.41, 5.74) is 2.09. The fourth-order valence-electron chi connectivity index (χ4n) is 2.86. The minimum absolute atomic E-state index is 0.345. The SMILES string of the molecule is CS(=O)(=O)c1ccccc1NC1CC(c2ccccc2)C1. The number of benzene rings is 2. The molecule has 2 aromatic carbocycles. The Morgan fingerprint density at radius 3 is 2.24 bits per heavy atom. The quantitative estimate of drug-likeness (QED) is 0.941. The molecule has 0 heterocycles. The maximum atomic E-state index is 11.8. The maximum absolute atomic E-state index is 11.8. The van der Waals surface area contributed by atoms with Crippen LogP contribution in [0.1, 0.15) is 24.3 Å². The normalized spacial score (nSPS) is 21.6. The van der Waals surface area contributed by atoms with Crippen molar-refractivity contribution in [2.75, 3.05) is 11.6 Å². The second kappa shape index (κ2) is 5.53. The van der Waals surface area contributed by atoms with E-state index in [1.54, 1.807) is 12.1 Å². The molecule has 1 saturated carbocycles. The van der Waals surface area contributed by atoms with Gasteiger partial charge in [-0.05, 0) is 36.5 Å². The molecule has 0 aromatic heterocycles. The third-order valence-electron chi connectivity index (χ3n) is 4.06. The maximum Gasteiger partial charge on any atom is 0.177 e. The van der Waals surface area contributed by atoms with Crippen LogP contribution in [0.2, 0.25) is 0 Å². The summed E-state index contributed by atoms with van der Waals surface area (Å²) >= 11 is 0. The monoisotopic (exact) mass is 301 g/mol. The molecule has 2 aromatic rings. The topological polar surface area (TPSA) is 46.2 Å². The van der Waals surface area contributed by atoms with Crippen molar-refractivity contribution in [1.82, 2.24) is 0 Å². The first kappa shape index (κ1) is 14.1. The Kier molecular flexibility index (Phi) is 3.72. The number of nitrogens with one attached hydrogen (secondary N) is 1. The second-order valence-corrected chi connectivity index (χ2v) is 7.67. The van der Waals surface area contributed by atoms with Gasteiger partial charge in [0, 0.05) is 12.3 Å². The fraction of sp³-hybridized carbons (Fsp3) is 0.294. The molecule has 0 radical (unpaired) electrons. The van der Waals surface area contributed by atoms with Crippen molar-refractivity contribution < 1.29 is 8.42 Å². The summed E-state index contributed by atoms with van der Waals surface area (Å²) in [6, 6.07) is 17.9. The summed E-state index contributed by atoms with van der Waals surface area (Å²) in [5.74, 6) is 0.578. The molecule has 4 heteroatoms. The van der Waals surface area contributed by atoms with Crippen LogP contribution in [-0.2, 0) is 9.84 Å². The van der Waals surface area contributed by atoms with Crippen LogP contribution in [0.5, 0.6) is 0 Å². The van der Waals surface area contributed by atoms with Gasteiger partial charge in [-0.15, -0.1) is 0 Å². The zero-order valence-electron chi connectivity index (χ0n) is 12.0. The molecule has 0 unspecified atom stereocenters. The number of rotatable bonds is 4. The van der Waals surface area contributed by atoms with Gasteiger partial charge in [0.15, 0.2) is 9.84 Å². The van der Waals surface area contributed by atoms with Crippen molar-refractivity contribution in [1.29, 1.82) is 0 Å². The zero-order chi connectivity index (χ0) is 14.9. The Labute approximate surface area is 125 Å². The van der Waals surface area contributed by atoms with E-state index >= 15 is 0 Å². The van der Waals surface area contributed by atoms with E-state index < -0.39 is 9.84 Å². The Bertz CT molecular complexity index is 719. The summed E-state index contributed by atoms with van der Waals surface area (Å²) in [4.78, 5) is 0.383. The minimum Gasteiger partial charge on any atom is -0.381 e. The summed E-state index contributed by atoms with van der Waals surface area (Å²) in [7, 11) is -3.19. The fourth-order valence-corrected chi connectivity index (χ4v) is 3.71. The molecule has 1 N–H and O–H groups in total. The Morgan fingerprint density at radius 1 is 0.952 bits per heavy atom. The molecule has 0 spiro atoms. The lowest BCUT2D eigenvalue weighted by Gasteiger charge is -2.37. The van der Waals surface area contributed by atoms with Gasteiger partial charge in [-0.25, -0.2) is 8.42 Å². The second-order valence-electron chi connectivity index (χ2n) is 5.69. The van der Waals surface area contributed by atoms with Gasteiger partial charge in [-0.2, -0.15) is 0 Å². The van der Waals surface area contributed by atoms with Crippen LogP contribution in [0.4, 0.5) is 5.69 Å². The van der Waals surface area contributed by atoms with E-state index in [0.717, 1.165) is 18.5 Å². The van der Waals surface area contributed by atoms with E-state index in [0.29, 0.717) is 16.9 Å². The first-order valence-corrected chi connectivity index (χ1v) is 9.04. The number of hydrogen-bond donors (Lipinski definition) is 1. The lowest BCUT2D eigenvalue weighted by molar-refractivity contribution is 0.373. The van der Waals surface area contributed by atoms with E-state index in [9.17, 15) is 8.42 Å². The van der Waals surface area contributed by atoms with Crippen molar-refractivity contribution in [3.8, 4) is 0 Å². The van der Waals surface area contributed by atoms with Crippen molar-refractivity contribution in [2.24, 2.45) is 0 Å². The standard InChI is InChI=1S/C17H19NO2S/c1-21(19,20)17-10-6-5-9-16(17)18-15-11-14(12-15)13-7-3-2-4-8-13/h2-10,14-15,18H,11-12H2,1H3. The predicted molar refractivity (Wildman–Crippen MR) is 85.4 cm³/mol. The van der Waals surface area contributed by atoms with Crippen LogP contribution in [0.3, 0.4) is 0 Å². The average molecular weight is 301 g/mol. The highest BCUT2D eigenvalue weighted by Gasteiger charge is 2.30. The van der Waals surface area contributed by atoms with Gasteiger partial charge >= 0.3 is 0 Å². The van der Waals surface area contributed by atoms with Gasteiger partial charge < -0.3 is 5.32 Å². The minimum atomic E-state index is -3.19. The molecule has 3 nitrogen and oxygen atoms in total. The third kappa shape index (κ3) is 3.10. The lowest BCUT2D eigenvalue weighted by Crippen LogP contribution is -2.34. The highest BCUT2D eigenvalue weighted by atomic mass is 32.2. The molecule has 1 fully saturated rings. The highest BCUT2D eigenvalue weighted by molar-refractivity contribution is 7.90. The van der Waals surface area contributed by atoms with Crippen LogP contribution in [0, 0.1) is 0 Å². The molecular weight excluding hydrogens is 282 g/mol. The lowest BCUT2D eigenvalue weighted by atomic mass is 9.76. The molecular formula is C17H19NO2S. The van der Waals surface area contributed by atoms with Crippen molar-refractivity contribution in [3.05, 3.63) is 60.2 Å². The molecule has 0 amide bonds. The van der Waals surface area contributed by atoms with Crippen molar-refractivity contribution >= 4 is 15.5 Å². The first-order chi connectivity index (χ1) is 10.0. The number of hydrogen-bond acceptors (Lipinski definition) is 3. The smallest absolute Gasteiger partial charge is 0.177 e. The Hall–Kier alpha value is -1.81. The van der Waals surface area contributed by atoms with Crippen LogP contribution in [0.15, 0.2) is 59.5 Å². The van der Waals surface area contributed by atoms with Gasteiger partial charge in [0.1, 0.15) is 0 Å². The molecule has 0 bridgehead atoms. The van der Waals surface area contributed by atoms with Gasteiger partial charge in [0.05, 0.1) is 10.6 Å². The molecule has 110 valence electrons. The summed E-state index contributed by atoms with van der Waals surface area (Å²) in [5, 5.41) is 3.37. The molecule has 0 saturated heterocycles. The molecule has 0 atom stereocenters. The molecule has 3 rings (SSSR count).